The molecular weight excluding hydrogens is 228 g/mol. The smallest absolute Gasteiger partial charge is 0.331 e. The van der Waals surface area contributed by atoms with E-state index >= 15 is 0 Å². The van der Waals surface area contributed by atoms with Gasteiger partial charge in [-0.2, -0.15) is 5.10 Å². The molecule has 0 amide bonds. The Labute approximate surface area is 100 Å². The van der Waals surface area contributed by atoms with Crippen molar-refractivity contribution >= 4 is 17.6 Å². The predicted octanol–water partition coefficient (Wildman–Crippen LogP) is 2.92. The number of carbonyl (C=O) groups is 1. The van der Waals surface area contributed by atoms with E-state index in [9.17, 15) is 9.90 Å². The molecule has 90 valence electrons. The fraction of sp³-hybridized carbons (Fsp3) is 0.636. The van der Waals surface area contributed by atoms with Crippen molar-refractivity contribution in [1.29, 1.82) is 0 Å². The molecule has 0 bridgehead atoms. The van der Waals surface area contributed by atoms with Gasteiger partial charge in [0.25, 0.3) is 0 Å². The van der Waals surface area contributed by atoms with Gasteiger partial charge in [0.05, 0.1) is 11.2 Å². The van der Waals surface area contributed by atoms with Crippen LogP contribution in [0.5, 0.6) is 0 Å². The average Bonchev–Trinajstić information content (AvgIpc) is 2.64. The van der Waals surface area contributed by atoms with Crippen molar-refractivity contribution in [1.82, 2.24) is 9.78 Å². The topological polar surface area (TPSA) is 55.1 Å². The van der Waals surface area contributed by atoms with Gasteiger partial charge in [0, 0.05) is 6.20 Å². The van der Waals surface area contributed by atoms with Crippen molar-refractivity contribution in [3.05, 3.63) is 17.4 Å². The van der Waals surface area contributed by atoms with Crippen molar-refractivity contribution in [3.8, 4) is 0 Å². The molecule has 0 saturated carbocycles. The van der Waals surface area contributed by atoms with Crippen molar-refractivity contribution < 1.29 is 9.90 Å². The zero-order valence-corrected chi connectivity index (χ0v) is 10.4. The summed E-state index contributed by atoms with van der Waals surface area (Å²) < 4.78 is 1.49. The van der Waals surface area contributed by atoms with E-state index < -0.39 is 11.5 Å². The number of aliphatic carboxylic acids is 1. The number of hydrogen-bond acceptors (Lipinski definition) is 2. The molecule has 0 aliphatic rings. The Balaban J connectivity index is 3.14. The SMILES string of the molecule is CCCC(CCC)(C(=O)O)n1cc(Cl)cn1. The fourth-order valence-electron chi connectivity index (χ4n) is 2.03. The van der Waals surface area contributed by atoms with Gasteiger partial charge in [-0.1, -0.05) is 38.3 Å². The van der Waals surface area contributed by atoms with Crippen LogP contribution < -0.4 is 0 Å². The van der Waals surface area contributed by atoms with Gasteiger partial charge in [-0.3, -0.25) is 4.68 Å². The zero-order valence-electron chi connectivity index (χ0n) is 9.61. The van der Waals surface area contributed by atoms with Crippen LogP contribution in [0.15, 0.2) is 12.4 Å². The lowest BCUT2D eigenvalue weighted by molar-refractivity contribution is -0.149. The number of nitrogens with zero attached hydrogens (tertiary/aromatic N) is 2. The van der Waals surface area contributed by atoms with Crippen molar-refractivity contribution in [2.24, 2.45) is 0 Å². The Morgan fingerprint density at radius 3 is 2.38 bits per heavy atom. The molecule has 1 heterocycles. The Morgan fingerprint density at radius 1 is 1.50 bits per heavy atom. The highest BCUT2D eigenvalue weighted by Crippen LogP contribution is 2.29. The molecule has 0 aliphatic heterocycles. The predicted molar refractivity (Wildman–Crippen MR) is 62.7 cm³/mol. The third-order valence-corrected chi connectivity index (χ3v) is 2.91. The monoisotopic (exact) mass is 244 g/mol. The largest absolute Gasteiger partial charge is 0.479 e. The maximum Gasteiger partial charge on any atom is 0.331 e. The quantitative estimate of drug-likeness (QED) is 0.837. The maximum atomic E-state index is 11.5. The lowest BCUT2D eigenvalue weighted by atomic mass is 9.89. The highest BCUT2D eigenvalue weighted by atomic mass is 35.5. The number of carboxylic acid groups (broad SMARTS) is 1. The Bertz CT molecular complexity index is 357. The molecule has 1 rings (SSSR count). The van der Waals surface area contributed by atoms with Gasteiger partial charge in [-0.15, -0.1) is 0 Å². The number of aromatic nitrogens is 2. The molecule has 0 radical (unpaired) electrons. The second kappa shape index (κ2) is 5.34. The molecule has 16 heavy (non-hydrogen) atoms. The molecule has 0 saturated heterocycles. The third-order valence-electron chi connectivity index (χ3n) is 2.71. The number of rotatable bonds is 6. The minimum absolute atomic E-state index is 0.470. The van der Waals surface area contributed by atoms with Gasteiger partial charge in [-0.25, -0.2) is 4.79 Å². The van der Waals surface area contributed by atoms with Crippen LogP contribution in [0.1, 0.15) is 39.5 Å². The molecule has 4 nitrogen and oxygen atoms in total. The second-order valence-electron chi connectivity index (χ2n) is 3.94. The number of halogens is 1. The van der Waals surface area contributed by atoms with E-state index in [0.29, 0.717) is 17.9 Å². The van der Waals surface area contributed by atoms with Gasteiger partial charge >= 0.3 is 5.97 Å². The molecule has 0 aliphatic carbocycles. The first-order valence-corrected chi connectivity index (χ1v) is 5.88. The fourth-order valence-corrected chi connectivity index (χ4v) is 2.16. The van der Waals surface area contributed by atoms with Gasteiger partial charge < -0.3 is 5.11 Å². The van der Waals surface area contributed by atoms with E-state index in [1.165, 1.54) is 10.9 Å². The number of carboxylic acids is 1. The lowest BCUT2D eigenvalue weighted by Crippen LogP contribution is -2.42. The summed E-state index contributed by atoms with van der Waals surface area (Å²) in [6.45, 7) is 3.94. The minimum Gasteiger partial charge on any atom is -0.479 e. The van der Waals surface area contributed by atoms with Crippen LogP contribution in [-0.4, -0.2) is 20.9 Å². The number of hydrogen-bond donors (Lipinski definition) is 1. The van der Waals surface area contributed by atoms with Crippen molar-refractivity contribution in [2.45, 2.75) is 45.1 Å². The molecule has 1 N–H and O–H groups in total. The van der Waals surface area contributed by atoms with E-state index in [2.05, 4.69) is 5.10 Å². The summed E-state index contributed by atoms with van der Waals surface area (Å²) in [5.41, 5.74) is -0.948. The standard InChI is InChI=1S/C11H17ClN2O2/c1-3-5-11(6-4-2,10(15)16)14-8-9(12)7-13-14/h7-8H,3-6H2,1-2H3,(H,15,16). The summed E-state index contributed by atoms with van der Waals surface area (Å²) in [5.74, 6) is -0.837. The molecule has 1 aromatic heterocycles. The van der Waals surface area contributed by atoms with E-state index in [1.54, 1.807) is 6.20 Å². The van der Waals surface area contributed by atoms with Gasteiger partial charge in [0.2, 0.25) is 0 Å². The third kappa shape index (κ3) is 2.38. The summed E-state index contributed by atoms with van der Waals surface area (Å²) in [5, 5.41) is 14.0. The normalized spacial score (nSPS) is 11.7. The summed E-state index contributed by atoms with van der Waals surface area (Å²) in [6, 6.07) is 0. The molecule has 0 atom stereocenters. The van der Waals surface area contributed by atoms with Crippen LogP contribution in [0.25, 0.3) is 0 Å². The lowest BCUT2D eigenvalue weighted by Gasteiger charge is -2.29. The Morgan fingerprint density at radius 2 is 2.06 bits per heavy atom. The van der Waals surface area contributed by atoms with Gasteiger partial charge in [0.15, 0.2) is 5.54 Å². The van der Waals surface area contributed by atoms with Crippen LogP contribution in [0, 0.1) is 0 Å². The van der Waals surface area contributed by atoms with E-state index in [0.717, 1.165) is 12.8 Å². The molecule has 0 fully saturated rings. The summed E-state index contributed by atoms with van der Waals surface area (Å²) in [4.78, 5) is 11.5. The minimum atomic E-state index is -0.948. The van der Waals surface area contributed by atoms with Crippen LogP contribution in [0.2, 0.25) is 5.02 Å². The highest BCUT2D eigenvalue weighted by Gasteiger charge is 2.39. The van der Waals surface area contributed by atoms with Crippen molar-refractivity contribution in [2.75, 3.05) is 0 Å². The molecule has 0 spiro atoms. The highest BCUT2D eigenvalue weighted by molar-refractivity contribution is 6.30. The van der Waals surface area contributed by atoms with E-state index in [1.807, 2.05) is 13.8 Å². The Kier molecular flexibility index (Phi) is 4.35. The average molecular weight is 245 g/mol. The first kappa shape index (κ1) is 13.0. The summed E-state index contributed by atoms with van der Waals surface area (Å²) >= 11 is 5.80. The van der Waals surface area contributed by atoms with Gasteiger partial charge in [-0.05, 0) is 12.8 Å². The zero-order chi connectivity index (χ0) is 12.2. The van der Waals surface area contributed by atoms with Crippen LogP contribution >= 0.6 is 11.6 Å². The maximum absolute atomic E-state index is 11.5. The summed E-state index contributed by atoms with van der Waals surface area (Å²) in [7, 11) is 0. The molecule has 0 aromatic carbocycles. The first-order valence-electron chi connectivity index (χ1n) is 5.51. The molecular formula is C11H17ClN2O2. The van der Waals surface area contributed by atoms with Crippen LogP contribution in [0.3, 0.4) is 0 Å². The Hall–Kier alpha value is -1.03. The molecule has 1 aromatic rings. The van der Waals surface area contributed by atoms with Crippen LogP contribution in [0.4, 0.5) is 0 Å². The van der Waals surface area contributed by atoms with Crippen molar-refractivity contribution in [3.63, 3.8) is 0 Å². The molecule has 0 unspecified atom stereocenters. The van der Waals surface area contributed by atoms with Gasteiger partial charge in [0.1, 0.15) is 0 Å². The second-order valence-corrected chi connectivity index (χ2v) is 4.38. The first-order chi connectivity index (χ1) is 7.56. The van der Waals surface area contributed by atoms with E-state index in [-0.39, 0.29) is 0 Å². The molecule has 5 heteroatoms. The summed E-state index contributed by atoms with van der Waals surface area (Å²) in [6.07, 6.45) is 5.78. The van der Waals surface area contributed by atoms with E-state index in [4.69, 9.17) is 11.6 Å². The van der Waals surface area contributed by atoms with Crippen LogP contribution in [-0.2, 0) is 10.3 Å².